The molecule has 0 saturated carbocycles. The second kappa shape index (κ2) is 5.22. The number of pyridine rings is 1. The number of aromatic nitrogens is 1. The molecule has 1 aromatic heterocycles. The maximum absolute atomic E-state index is 6.12. The minimum absolute atomic E-state index is 0.324. The van der Waals surface area contributed by atoms with Crippen LogP contribution in [0.25, 0.3) is 11.3 Å². The van der Waals surface area contributed by atoms with Gasteiger partial charge >= 0.3 is 7.12 Å². The molecule has 0 aliphatic carbocycles. The smallest absolute Gasteiger partial charge is 0.399 e. The third kappa shape index (κ3) is 2.69. The lowest BCUT2D eigenvalue weighted by Crippen LogP contribution is -2.41. The summed E-state index contributed by atoms with van der Waals surface area (Å²) < 4.78 is 12.2. The fourth-order valence-corrected chi connectivity index (χ4v) is 2.46. The molecule has 3 rings (SSSR count). The average Bonchev–Trinajstić information content (AvgIpc) is 2.68. The molecule has 0 unspecified atom stereocenters. The van der Waals surface area contributed by atoms with E-state index < -0.39 is 0 Å². The van der Waals surface area contributed by atoms with Crippen LogP contribution in [-0.2, 0) is 9.31 Å². The van der Waals surface area contributed by atoms with Crippen molar-refractivity contribution in [3.63, 3.8) is 0 Å². The Morgan fingerprint density at radius 2 is 1.64 bits per heavy atom. The normalized spacial score (nSPS) is 19.4. The van der Waals surface area contributed by atoms with E-state index in [0.29, 0.717) is 0 Å². The molecule has 1 saturated heterocycles. The lowest BCUT2D eigenvalue weighted by molar-refractivity contribution is 0.00578. The molecular weight excluding hydrogens is 273 g/mol. The first-order chi connectivity index (χ1) is 10.3. The zero-order valence-corrected chi connectivity index (χ0v) is 13.9. The zero-order valence-electron chi connectivity index (χ0n) is 13.9. The molecule has 3 nitrogen and oxygen atoms in total. The van der Waals surface area contributed by atoms with E-state index >= 15 is 0 Å². The Morgan fingerprint density at radius 3 is 2.23 bits per heavy atom. The van der Waals surface area contributed by atoms with Gasteiger partial charge in [-0.15, -0.1) is 0 Å². The van der Waals surface area contributed by atoms with Crippen LogP contribution < -0.4 is 5.46 Å². The van der Waals surface area contributed by atoms with Gasteiger partial charge in [0.15, 0.2) is 0 Å². The predicted molar refractivity (Wildman–Crippen MR) is 90.1 cm³/mol. The highest BCUT2D eigenvalue weighted by atomic mass is 16.7. The second-order valence-electron chi connectivity index (χ2n) is 6.93. The highest BCUT2D eigenvalue weighted by Crippen LogP contribution is 2.36. The van der Waals surface area contributed by atoms with Crippen LogP contribution in [0.1, 0.15) is 33.3 Å². The first-order valence-corrected chi connectivity index (χ1v) is 7.67. The highest BCUT2D eigenvalue weighted by molar-refractivity contribution is 6.62. The lowest BCUT2D eigenvalue weighted by atomic mass is 9.78. The van der Waals surface area contributed by atoms with Gasteiger partial charge in [0.2, 0.25) is 0 Å². The van der Waals surface area contributed by atoms with Crippen molar-refractivity contribution in [3.8, 4) is 11.3 Å². The number of rotatable bonds is 2. The molecular formula is C18H22BNO2. The van der Waals surface area contributed by atoms with Crippen molar-refractivity contribution in [2.45, 2.75) is 45.8 Å². The fourth-order valence-electron chi connectivity index (χ4n) is 2.46. The Morgan fingerprint density at radius 1 is 0.955 bits per heavy atom. The van der Waals surface area contributed by atoms with Crippen LogP contribution in [0, 0.1) is 6.92 Å². The van der Waals surface area contributed by atoms with Crippen LogP contribution in [0.4, 0.5) is 0 Å². The third-order valence-electron chi connectivity index (χ3n) is 4.62. The molecule has 114 valence electrons. The molecule has 1 aliphatic heterocycles. The van der Waals surface area contributed by atoms with Gasteiger partial charge in [-0.2, -0.15) is 0 Å². The number of hydrogen-bond donors (Lipinski definition) is 0. The summed E-state index contributed by atoms with van der Waals surface area (Å²) in [6.07, 6.45) is 1.89. The standard InChI is InChI=1S/C18H22BNO2/c1-13-9-10-16(20-12-13)14-7-6-8-15(11-14)19-21-17(2,3)18(4,5)22-19/h6-12H,1-5H3. The number of nitrogens with zero attached hydrogens (tertiary/aromatic N) is 1. The highest BCUT2D eigenvalue weighted by Gasteiger charge is 2.51. The van der Waals surface area contributed by atoms with Crippen molar-refractivity contribution < 1.29 is 9.31 Å². The van der Waals surface area contributed by atoms with E-state index in [9.17, 15) is 0 Å². The molecule has 0 amide bonds. The van der Waals surface area contributed by atoms with Gasteiger partial charge in [-0.3, -0.25) is 4.98 Å². The van der Waals surface area contributed by atoms with Gasteiger partial charge in [0, 0.05) is 6.20 Å². The predicted octanol–water partition coefficient (Wildman–Crippen LogP) is 3.36. The maximum Gasteiger partial charge on any atom is 0.494 e. The van der Waals surface area contributed by atoms with Gasteiger partial charge in [-0.05, 0) is 57.3 Å². The number of benzene rings is 1. The minimum Gasteiger partial charge on any atom is -0.399 e. The summed E-state index contributed by atoms with van der Waals surface area (Å²) in [6.45, 7) is 10.3. The molecule has 0 atom stereocenters. The molecule has 0 spiro atoms. The summed E-state index contributed by atoms with van der Waals surface area (Å²) in [5.74, 6) is 0. The molecule has 2 aromatic rings. The van der Waals surface area contributed by atoms with E-state index in [1.807, 2.05) is 31.3 Å². The van der Waals surface area contributed by atoms with Gasteiger partial charge < -0.3 is 9.31 Å². The van der Waals surface area contributed by atoms with Crippen molar-refractivity contribution in [1.29, 1.82) is 0 Å². The van der Waals surface area contributed by atoms with Crippen LogP contribution >= 0.6 is 0 Å². The molecule has 2 heterocycles. The van der Waals surface area contributed by atoms with E-state index in [1.54, 1.807) is 0 Å². The van der Waals surface area contributed by atoms with Crippen LogP contribution in [-0.4, -0.2) is 23.3 Å². The van der Waals surface area contributed by atoms with E-state index in [-0.39, 0.29) is 18.3 Å². The summed E-state index contributed by atoms with van der Waals surface area (Å²) in [7, 11) is -0.338. The van der Waals surface area contributed by atoms with Gasteiger partial charge in [-0.1, -0.05) is 30.3 Å². The molecule has 1 aromatic carbocycles. The van der Waals surface area contributed by atoms with Crippen molar-refractivity contribution in [3.05, 3.63) is 48.2 Å². The fraction of sp³-hybridized carbons (Fsp3) is 0.389. The van der Waals surface area contributed by atoms with E-state index in [4.69, 9.17) is 9.31 Å². The van der Waals surface area contributed by atoms with Crippen molar-refractivity contribution in [2.24, 2.45) is 0 Å². The van der Waals surface area contributed by atoms with E-state index in [1.165, 1.54) is 0 Å². The quantitative estimate of drug-likeness (QED) is 0.796. The van der Waals surface area contributed by atoms with Crippen molar-refractivity contribution >= 4 is 12.6 Å². The Balaban J connectivity index is 1.91. The first kappa shape index (κ1) is 15.3. The second-order valence-corrected chi connectivity index (χ2v) is 6.93. The van der Waals surface area contributed by atoms with Crippen molar-refractivity contribution in [1.82, 2.24) is 4.98 Å². The molecule has 0 radical (unpaired) electrons. The number of hydrogen-bond acceptors (Lipinski definition) is 3. The molecule has 0 bridgehead atoms. The average molecular weight is 295 g/mol. The third-order valence-corrected chi connectivity index (χ3v) is 4.62. The van der Waals surface area contributed by atoms with Gasteiger partial charge in [-0.25, -0.2) is 0 Å². The van der Waals surface area contributed by atoms with Crippen LogP contribution in [0.2, 0.25) is 0 Å². The topological polar surface area (TPSA) is 31.4 Å². The van der Waals surface area contributed by atoms with Crippen molar-refractivity contribution in [2.75, 3.05) is 0 Å². The lowest BCUT2D eigenvalue weighted by Gasteiger charge is -2.32. The SMILES string of the molecule is Cc1ccc(-c2cccc(B3OC(C)(C)C(C)(C)O3)c2)nc1. The van der Waals surface area contributed by atoms with Gasteiger partial charge in [0.1, 0.15) is 0 Å². The van der Waals surface area contributed by atoms with Crippen LogP contribution in [0.5, 0.6) is 0 Å². The minimum atomic E-state index is -0.338. The molecule has 22 heavy (non-hydrogen) atoms. The number of aryl methyl sites for hydroxylation is 1. The Kier molecular flexibility index (Phi) is 3.62. The maximum atomic E-state index is 6.12. The van der Waals surface area contributed by atoms with Crippen LogP contribution in [0.15, 0.2) is 42.6 Å². The van der Waals surface area contributed by atoms with Gasteiger partial charge in [0.05, 0.1) is 16.9 Å². The first-order valence-electron chi connectivity index (χ1n) is 7.67. The largest absolute Gasteiger partial charge is 0.494 e. The molecule has 1 fully saturated rings. The van der Waals surface area contributed by atoms with Crippen LogP contribution in [0.3, 0.4) is 0 Å². The summed E-state index contributed by atoms with van der Waals surface area (Å²) in [5.41, 5.74) is 3.58. The van der Waals surface area contributed by atoms with E-state index in [0.717, 1.165) is 22.3 Å². The molecule has 1 aliphatic rings. The Labute approximate surface area is 132 Å². The Hall–Kier alpha value is -1.65. The molecule has 4 heteroatoms. The molecule has 0 N–H and O–H groups in total. The summed E-state index contributed by atoms with van der Waals surface area (Å²) in [5, 5.41) is 0. The van der Waals surface area contributed by atoms with E-state index in [2.05, 4.69) is 50.9 Å². The zero-order chi connectivity index (χ0) is 16.0. The van der Waals surface area contributed by atoms with Gasteiger partial charge in [0.25, 0.3) is 0 Å². The Bertz CT molecular complexity index is 664. The summed E-state index contributed by atoms with van der Waals surface area (Å²) in [6, 6.07) is 12.3. The summed E-state index contributed by atoms with van der Waals surface area (Å²) >= 11 is 0. The summed E-state index contributed by atoms with van der Waals surface area (Å²) in [4.78, 5) is 4.49. The monoisotopic (exact) mass is 295 g/mol.